The number of H-pyrrole nitrogens is 1. The molecule has 0 aliphatic carbocycles. The molecule has 4 aromatic rings. The van der Waals surface area contributed by atoms with E-state index in [1.165, 1.54) is 11.3 Å². The van der Waals surface area contributed by atoms with Crippen molar-refractivity contribution in [1.29, 1.82) is 0 Å². The Morgan fingerprint density at radius 1 is 1.13 bits per heavy atom. The number of aromatic nitrogens is 1. The fourth-order valence-electron chi connectivity index (χ4n) is 3.58. The van der Waals surface area contributed by atoms with Crippen LogP contribution in [0, 0.1) is 0 Å². The largest absolute Gasteiger partial charge is 0.507 e. The van der Waals surface area contributed by atoms with Crippen LogP contribution in [0.5, 0.6) is 5.75 Å². The molecule has 2 heterocycles. The van der Waals surface area contributed by atoms with Gasteiger partial charge in [0.1, 0.15) is 10.4 Å². The summed E-state index contributed by atoms with van der Waals surface area (Å²) in [5.74, 6) is 0.193. The zero-order valence-electron chi connectivity index (χ0n) is 16.6. The summed E-state index contributed by atoms with van der Waals surface area (Å²) in [5.41, 5.74) is 3.01. The van der Waals surface area contributed by atoms with Crippen LogP contribution in [0.4, 0.5) is 0 Å². The molecule has 0 amide bonds. The Labute approximate surface area is 178 Å². The Bertz CT molecular complexity index is 1390. The van der Waals surface area contributed by atoms with Gasteiger partial charge in [-0.3, -0.25) is 4.79 Å². The summed E-state index contributed by atoms with van der Waals surface area (Å²) in [7, 11) is -3.23. The average Bonchev–Trinajstić information content (AvgIpc) is 3.23. The molecule has 2 aromatic heterocycles. The normalized spacial score (nSPS) is 13.1. The summed E-state index contributed by atoms with van der Waals surface area (Å²) in [6, 6.07) is 12.9. The molecule has 0 aliphatic heterocycles. The number of phenols is 1. The van der Waals surface area contributed by atoms with Gasteiger partial charge in [0, 0.05) is 28.4 Å². The van der Waals surface area contributed by atoms with Crippen LogP contribution in [-0.4, -0.2) is 30.8 Å². The summed E-state index contributed by atoms with van der Waals surface area (Å²) >= 11 is 1.37. The number of rotatable bonds is 6. The smallest absolute Gasteiger partial charge is 0.266 e. The summed E-state index contributed by atoms with van der Waals surface area (Å²) in [5, 5.41) is 14.1. The molecule has 0 saturated heterocycles. The number of nitrogens with one attached hydrogen (secondary N) is 2. The summed E-state index contributed by atoms with van der Waals surface area (Å²) in [6.45, 7) is 3.89. The maximum atomic E-state index is 12.3. The monoisotopic (exact) mass is 442 g/mol. The minimum absolute atomic E-state index is 0.00132. The quantitative estimate of drug-likeness (QED) is 0.417. The zero-order valence-corrected chi connectivity index (χ0v) is 18.2. The number of thiophene rings is 1. The van der Waals surface area contributed by atoms with Crippen molar-refractivity contribution in [2.24, 2.45) is 0 Å². The maximum absolute atomic E-state index is 12.3. The molecule has 0 fully saturated rings. The first kappa shape index (κ1) is 20.6. The minimum Gasteiger partial charge on any atom is -0.507 e. The molecule has 0 spiro atoms. The summed E-state index contributed by atoms with van der Waals surface area (Å²) in [6.07, 6.45) is 0. The fourth-order valence-corrected chi connectivity index (χ4v) is 5.08. The molecule has 1 atom stereocenters. The number of hydrogen-bond acceptors (Lipinski definition) is 5. The number of aromatic hydroxyl groups is 1. The van der Waals surface area contributed by atoms with Gasteiger partial charge in [-0.15, -0.1) is 11.3 Å². The minimum atomic E-state index is -3.23. The Balaban J connectivity index is 1.75. The van der Waals surface area contributed by atoms with E-state index in [1.54, 1.807) is 19.1 Å². The number of benzene rings is 2. The molecule has 0 radical (unpaired) electrons. The van der Waals surface area contributed by atoms with E-state index in [4.69, 9.17) is 0 Å². The first-order valence-electron chi connectivity index (χ1n) is 9.63. The van der Waals surface area contributed by atoms with E-state index in [0.29, 0.717) is 22.3 Å². The van der Waals surface area contributed by atoms with Crippen LogP contribution in [0.15, 0.2) is 52.6 Å². The van der Waals surface area contributed by atoms with Gasteiger partial charge in [-0.25, -0.2) is 13.1 Å². The van der Waals surface area contributed by atoms with Gasteiger partial charge >= 0.3 is 0 Å². The van der Waals surface area contributed by atoms with Crippen LogP contribution >= 0.6 is 11.3 Å². The molecule has 156 valence electrons. The second-order valence-electron chi connectivity index (χ2n) is 7.27. The van der Waals surface area contributed by atoms with Gasteiger partial charge in [0.15, 0.2) is 0 Å². The first-order chi connectivity index (χ1) is 14.3. The molecule has 4 rings (SSSR count). The number of phenolic OH excluding ortho intramolecular Hbond substituents is 1. The molecule has 8 heteroatoms. The molecule has 0 aliphatic rings. The van der Waals surface area contributed by atoms with E-state index < -0.39 is 10.0 Å². The van der Waals surface area contributed by atoms with Gasteiger partial charge in [0.25, 0.3) is 5.56 Å². The fraction of sp³-hybridized carbons (Fsp3) is 0.227. The van der Waals surface area contributed by atoms with Gasteiger partial charge in [-0.1, -0.05) is 31.2 Å². The molecule has 0 bridgehead atoms. The Morgan fingerprint density at radius 2 is 1.87 bits per heavy atom. The van der Waals surface area contributed by atoms with Crippen molar-refractivity contribution in [3.05, 3.63) is 63.8 Å². The molecular weight excluding hydrogens is 420 g/mol. The van der Waals surface area contributed by atoms with Gasteiger partial charge in [-0.2, -0.15) is 0 Å². The Kier molecular flexibility index (Phi) is 5.40. The third-order valence-corrected chi connectivity index (χ3v) is 7.61. The summed E-state index contributed by atoms with van der Waals surface area (Å²) in [4.78, 5) is 15.2. The van der Waals surface area contributed by atoms with Gasteiger partial charge in [0.2, 0.25) is 10.0 Å². The van der Waals surface area contributed by atoms with Crippen LogP contribution in [0.3, 0.4) is 0 Å². The van der Waals surface area contributed by atoms with Gasteiger partial charge in [0.05, 0.1) is 5.75 Å². The second-order valence-corrected chi connectivity index (χ2v) is 10.3. The van der Waals surface area contributed by atoms with Crippen molar-refractivity contribution in [3.8, 4) is 16.9 Å². The van der Waals surface area contributed by atoms with Crippen molar-refractivity contribution in [1.82, 2.24) is 9.71 Å². The third kappa shape index (κ3) is 3.74. The predicted molar refractivity (Wildman–Crippen MR) is 123 cm³/mol. The number of hydrogen-bond donors (Lipinski definition) is 3. The topological polar surface area (TPSA) is 99.3 Å². The van der Waals surface area contributed by atoms with Crippen molar-refractivity contribution in [3.63, 3.8) is 0 Å². The summed E-state index contributed by atoms with van der Waals surface area (Å²) < 4.78 is 26.6. The zero-order chi connectivity index (χ0) is 21.5. The first-order valence-corrected chi connectivity index (χ1v) is 12.2. The number of pyridine rings is 1. The van der Waals surface area contributed by atoms with Crippen LogP contribution in [-0.2, 0) is 10.0 Å². The lowest BCUT2D eigenvalue weighted by Crippen LogP contribution is -2.28. The van der Waals surface area contributed by atoms with Crippen molar-refractivity contribution >= 4 is 42.3 Å². The lowest BCUT2D eigenvalue weighted by atomic mass is 9.94. The van der Waals surface area contributed by atoms with Crippen molar-refractivity contribution < 1.29 is 13.5 Å². The predicted octanol–water partition coefficient (Wildman–Crippen LogP) is 4.16. The van der Waals surface area contributed by atoms with E-state index in [1.807, 2.05) is 42.6 Å². The average molecular weight is 443 g/mol. The SMILES string of the molecule is CCS(=O)(=O)NCC(C)c1ccc(-c2c(O)ccc3[nH]c(=O)c4sccc4c23)cc1. The van der Waals surface area contributed by atoms with Crippen LogP contribution in [0.25, 0.3) is 32.1 Å². The Hall–Kier alpha value is -2.68. The molecule has 2 aromatic carbocycles. The standard InChI is InChI=1S/C22H22N2O4S2/c1-3-30(27,28)23-12-13(2)14-4-6-15(7-5-14)19-18(25)9-8-17-20(19)16-10-11-29-21(16)22(26)24-17/h4-11,13,23,25H,3,12H2,1-2H3,(H,24,26). The van der Waals surface area contributed by atoms with E-state index in [0.717, 1.165) is 21.9 Å². The van der Waals surface area contributed by atoms with Crippen molar-refractivity contribution in [2.45, 2.75) is 19.8 Å². The van der Waals surface area contributed by atoms with Crippen molar-refractivity contribution in [2.75, 3.05) is 12.3 Å². The lowest BCUT2D eigenvalue weighted by molar-refractivity contribution is 0.478. The molecule has 1 unspecified atom stereocenters. The van der Waals surface area contributed by atoms with E-state index in [9.17, 15) is 18.3 Å². The number of fused-ring (bicyclic) bond motifs is 3. The lowest BCUT2D eigenvalue weighted by Gasteiger charge is -2.15. The molecule has 30 heavy (non-hydrogen) atoms. The highest BCUT2D eigenvalue weighted by Crippen LogP contribution is 2.39. The second kappa shape index (κ2) is 7.86. The van der Waals surface area contributed by atoms with Gasteiger partial charge < -0.3 is 10.1 Å². The molecule has 6 nitrogen and oxygen atoms in total. The Morgan fingerprint density at radius 3 is 2.57 bits per heavy atom. The molecule has 0 saturated carbocycles. The van der Waals surface area contributed by atoms with E-state index in [-0.39, 0.29) is 23.0 Å². The maximum Gasteiger partial charge on any atom is 0.266 e. The van der Waals surface area contributed by atoms with E-state index in [2.05, 4.69) is 9.71 Å². The number of aromatic amines is 1. The van der Waals surface area contributed by atoms with Crippen LogP contribution in [0.1, 0.15) is 25.3 Å². The third-order valence-electron chi connectivity index (χ3n) is 5.33. The van der Waals surface area contributed by atoms with Gasteiger partial charge in [-0.05, 0) is 47.5 Å². The molecular formula is C22H22N2O4S2. The van der Waals surface area contributed by atoms with E-state index >= 15 is 0 Å². The highest BCUT2D eigenvalue weighted by molar-refractivity contribution is 7.89. The highest BCUT2D eigenvalue weighted by Gasteiger charge is 2.16. The highest BCUT2D eigenvalue weighted by atomic mass is 32.2. The van der Waals surface area contributed by atoms with Crippen LogP contribution in [0.2, 0.25) is 0 Å². The van der Waals surface area contributed by atoms with Crippen LogP contribution < -0.4 is 10.3 Å². The molecule has 3 N–H and O–H groups in total. The number of sulfonamides is 1.